The Kier molecular flexibility index (Phi) is 4.19. The molecule has 1 unspecified atom stereocenters. The number of hydrogen-bond acceptors (Lipinski definition) is 2. The molecule has 2 N–H and O–H groups in total. The topological polar surface area (TPSA) is 54.3 Å². The minimum Gasteiger partial charge on any atom is -0.387 e. The molecule has 0 spiro atoms. The van der Waals surface area contributed by atoms with E-state index in [2.05, 4.69) is 5.32 Å². The molecule has 0 aliphatic heterocycles. The Morgan fingerprint density at radius 1 is 1.04 bits per heavy atom. The SMILES string of the molecule is Cn1ccc2cc(C(O)CNC(=O)c3cccc4ccccc34)ccc21. The molecule has 4 rings (SSSR count). The van der Waals surface area contributed by atoms with Gasteiger partial charge in [0, 0.05) is 30.9 Å². The van der Waals surface area contributed by atoms with Crippen LogP contribution in [0.4, 0.5) is 0 Å². The van der Waals surface area contributed by atoms with Crippen LogP contribution in [0.15, 0.2) is 72.9 Å². The first-order valence-corrected chi connectivity index (χ1v) is 8.62. The third-order valence-electron chi connectivity index (χ3n) is 4.78. The zero-order valence-electron chi connectivity index (χ0n) is 14.5. The summed E-state index contributed by atoms with van der Waals surface area (Å²) < 4.78 is 2.04. The molecule has 3 aromatic carbocycles. The monoisotopic (exact) mass is 344 g/mol. The van der Waals surface area contributed by atoms with E-state index >= 15 is 0 Å². The number of carbonyl (C=O) groups is 1. The van der Waals surface area contributed by atoms with Crippen molar-refractivity contribution in [2.24, 2.45) is 7.05 Å². The lowest BCUT2D eigenvalue weighted by atomic mass is 10.0. The van der Waals surface area contributed by atoms with Gasteiger partial charge in [-0.2, -0.15) is 0 Å². The number of aliphatic hydroxyl groups excluding tert-OH is 1. The number of nitrogens with zero attached hydrogens (tertiary/aromatic N) is 1. The van der Waals surface area contributed by atoms with Crippen molar-refractivity contribution >= 4 is 27.6 Å². The Balaban J connectivity index is 1.51. The second-order valence-electron chi connectivity index (χ2n) is 6.50. The van der Waals surface area contributed by atoms with E-state index in [9.17, 15) is 9.90 Å². The van der Waals surface area contributed by atoms with E-state index in [1.165, 1.54) is 0 Å². The fraction of sp³-hybridized carbons (Fsp3) is 0.136. The molecule has 1 aromatic heterocycles. The maximum atomic E-state index is 12.6. The average molecular weight is 344 g/mol. The van der Waals surface area contributed by atoms with Gasteiger partial charge >= 0.3 is 0 Å². The number of benzene rings is 3. The van der Waals surface area contributed by atoms with Crippen LogP contribution in [-0.2, 0) is 7.05 Å². The fourth-order valence-electron chi connectivity index (χ4n) is 3.33. The summed E-state index contributed by atoms with van der Waals surface area (Å²) in [7, 11) is 1.99. The Bertz CT molecular complexity index is 1090. The van der Waals surface area contributed by atoms with Crippen LogP contribution < -0.4 is 5.32 Å². The number of fused-ring (bicyclic) bond motifs is 2. The van der Waals surface area contributed by atoms with Crippen molar-refractivity contribution < 1.29 is 9.90 Å². The number of aliphatic hydroxyl groups is 1. The van der Waals surface area contributed by atoms with Gasteiger partial charge in [0.05, 0.1) is 6.10 Å². The number of carbonyl (C=O) groups excluding carboxylic acids is 1. The molecule has 4 aromatic rings. The van der Waals surface area contributed by atoms with Gasteiger partial charge in [-0.05, 0) is 46.0 Å². The predicted octanol–water partition coefficient (Wildman–Crippen LogP) is 3.79. The molecule has 1 heterocycles. The van der Waals surface area contributed by atoms with E-state index in [0.29, 0.717) is 5.56 Å². The Hall–Kier alpha value is -3.11. The molecule has 26 heavy (non-hydrogen) atoms. The average Bonchev–Trinajstić information content (AvgIpc) is 3.05. The second-order valence-corrected chi connectivity index (χ2v) is 6.50. The maximum Gasteiger partial charge on any atom is 0.252 e. The smallest absolute Gasteiger partial charge is 0.252 e. The van der Waals surface area contributed by atoms with Crippen LogP contribution in [0.3, 0.4) is 0 Å². The lowest BCUT2D eigenvalue weighted by Gasteiger charge is -2.13. The number of hydrogen-bond donors (Lipinski definition) is 2. The minimum atomic E-state index is -0.751. The molecule has 0 fully saturated rings. The third-order valence-corrected chi connectivity index (χ3v) is 4.78. The van der Waals surface area contributed by atoms with Crippen LogP contribution in [0.5, 0.6) is 0 Å². The lowest BCUT2D eigenvalue weighted by Crippen LogP contribution is -2.28. The third kappa shape index (κ3) is 2.95. The molecule has 0 aliphatic rings. The highest BCUT2D eigenvalue weighted by Crippen LogP contribution is 2.22. The summed E-state index contributed by atoms with van der Waals surface area (Å²) in [5.41, 5.74) is 2.52. The summed E-state index contributed by atoms with van der Waals surface area (Å²) in [6, 6.07) is 21.3. The molecular formula is C22H20N2O2. The van der Waals surface area contributed by atoms with Gasteiger partial charge in [0.2, 0.25) is 0 Å². The van der Waals surface area contributed by atoms with Crippen molar-refractivity contribution in [1.29, 1.82) is 0 Å². The molecule has 0 saturated heterocycles. The van der Waals surface area contributed by atoms with Crippen LogP contribution in [0.2, 0.25) is 0 Å². The highest BCUT2D eigenvalue weighted by Gasteiger charge is 2.13. The summed E-state index contributed by atoms with van der Waals surface area (Å²) in [6.45, 7) is 0.167. The molecule has 130 valence electrons. The maximum absolute atomic E-state index is 12.6. The number of rotatable bonds is 4. The van der Waals surface area contributed by atoms with Gasteiger partial charge in [-0.25, -0.2) is 0 Å². The van der Waals surface area contributed by atoms with Gasteiger partial charge < -0.3 is 15.0 Å². The molecule has 0 bridgehead atoms. The van der Waals surface area contributed by atoms with Gasteiger partial charge in [0.25, 0.3) is 5.91 Å². The van der Waals surface area contributed by atoms with E-state index in [-0.39, 0.29) is 12.5 Å². The van der Waals surface area contributed by atoms with Crippen molar-refractivity contribution in [2.75, 3.05) is 6.54 Å². The van der Waals surface area contributed by atoms with Crippen LogP contribution in [-0.4, -0.2) is 22.1 Å². The van der Waals surface area contributed by atoms with E-state index in [1.54, 1.807) is 6.07 Å². The molecule has 0 radical (unpaired) electrons. The molecule has 1 amide bonds. The van der Waals surface area contributed by atoms with Crippen LogP contribution in [0.1, 0.15) is 22.0 Å². The minimum absolute atomic E-state index is 0.167. The van der Waals surface area contributed by atoms with E-state index < -0.39 is 6.10 Å². The van der Waals surface area contributed by atoms with Crippen molar-refractivity contribution in [1.82, 2.24) is 9.88 Å². The van der Waals surface area contributed by atoms with Crippen LogP contribution in [0.25, 0.3) is 21.7 Å². The van der Waals surface area contributed by atoms with E-state index in [1.807, 2.05) is 78.5 Å². The normalized spacial score (nSPS) is 12.4. The zero-order valence-corrected chi connectivity index (χ0v) is 14.5. The summed E-state index contributed by atoms with van der Waals surface area (Å²) in [4.78, 5) is 12.6. The number of aromatic nitrogens is 1. The van der Waals surface area contributed by atoms with Crippen molar-refractivity contribution in [3.05, 3.63) is 84.1 Å². The zero-order chi connectivity index (χ0) is 18.1. The first kappa shape index (κ1) is 16.4. The highest BCUT2D eigenvalue weighted by atomic mass is 16.3. The number of aryl methyl sites for hydroxylation is 1. The van der Waals surface area contributed by atoms with Gasteiger partial charge in [-0.15, -0.1) is 0 Å². The molecule has 4 nitrogen and oxygen atoms in total. The summed E-state index contributed by atoms with van der Waals surface area (Å²) in [5.74, 6) is -0.179. The van der Waals surface area contributed by atoms with Gasteiger partial charge in [-0.1, -0.05) is 42.5 Å². The summed E-state index contributed by atoms with van der Waals surface area (Å²) >= 11 is 0. The molecule has 1 atom stereocenters. The first-order valence-electron chi connectivity index (χ1n) is 8.62. The fourth-order valence-corrected chi connectivity index (χ4v) is 3.33. The quantitative estimate of drug-likeness (QED) is 0.592. The van der Waals surface area contributed by atoms with E-state index in [0.717, 1.165) is 27.2 Å². The van der Waals surface area contributed by atoms with Gasteiger partial charge in [0.15, 0.2) is 0 Å². The van der Waals surface area contributed by atoms with E-state index in [4.69, 9.17) is 0 Å². The predicted molar refractivity (Wildman–Crippen MR) is 104 cm³/mol. The van der Waals surface area contributed by atoms with Crippen molar-refractivity contribution in [3.63, 3.8) is 0 Å². The second kappa shape index (κ2) is 6.65. The van der Waals surface area contributed by atoms with Crippen molar-refractivity contribution in [2.45, 2.75) is 6.10 Å². The lowest BCUT2D eigenvalue weighted by molar-refractivity contribution is 0.0918. The molecule has 4 heteroatoms. The summed E-state index contributed by atoms with van der Waals surface area (Å²) in [6.07, 6.45) is 1.24. The molecule has 0 aliphatic carbocycles. The van der Waals surface area contributed by atoms with Crippen LogP contribution in [0, 0.1) is 0 Å². The summed E-state index contributed by atoms with van der Waals surface area (Å²) in [5, 5.41) is 16.3. The van der Waals surface area contributed by atoms with Gasteiger partial charge in [-0.3, -0.25) is 4.79 Å². The Labute approximate surface area is 151 Å². The van der Waals surface area contributed by atoms with Crippen molar-refractivity contribution in [3.8, 4) is 0 Å². The standard InChI is InChI=1S/C22H20N2O2/c1-24-12-11-16-13-17(9-10-20(16)24)21(25)14-23-22(26)19-8-4-6-15-5-2-3-7-18(15)19/h2-13,21,25H,14H2,1H3,(H,23,26). The first-order chi connectivity index (χ1) is 12.6. The van der Waals surface area contributed by atoms with Gasteiger partial charge in [0.1, 0.15) is 0 Å². The number of nitrogens with one attached hydrogen (secondary N) is 1. The number of amides is 1. The Morgan fingerprint density at radius 3 is 2.73 bits per heavy atom. The molecule has 0 saturated carbocycles. The largest absolute Gasteiger partial charge is 0.387 e. The molecular weight excluding hydrogens is 324 g/mol. The highest BCUT2D eigenvalue weighted by molar-refractivity contribution is 6.07. The Morgan fingerprint density at radius 2 is 1.85 bits per heavy atom. The van der Waals surface area contributed by atoms with Crippen LogP contribution >= 0.6 is 0 Å².